The second kappa shape index (κ2) is 8.54. The zero-order valence-corrected chi connectivity index (χ0v) is 15.0. The number of hydrogen-bond donors (Lipinski definition) is 1. The molecular formula is C17H21N3O3S. The molecule has 0 atom stereocenters. The molecule has 0 spiro atoms. The van der Waals surface area contributed by atoms with E-state index in [1.807, 2.05) is 39.2 Å². The first kappa shape index (κ1) is 18.1. The van der Waals surface area contributed by atoms with Crippen molar-refractivity contribution >= 4 is 29.4 Å². The molecule has 2 aromatic rings. The summed E-state index contributed by atoms with van der Waals surface area (Å²) in [5.74, 6) is 1.35. The summed E-state index contributed by atoms with van der Waals surface area (Å²) in [5, 5.41) is 3.88. The van der Waals surface area contributed by atoms with Gasteiger partial charge in [-0.3, -0.25) is 0 Å². The Labute approximate surface area is 146 Å². The van der Waals surface area contributed by atoms with Crippen LogP contribution in [0.5, 0.6) is 5.75 Å². The Hall–Kier alpha value is -2.28. The fourth-order valence-corrected chi connectivity index (χ4v) is 2.27. The molecule has 0 aliphatic carbocycles. The Balaban J connectivity index is 2.05. The number of hydrogen-bond acceptors (Lipinski definition) is 7. The maximum Gasteiger partial charge on any atom is 0.513 e. The number of rotatable bonds is 6. The fourth-order valence-electron chi connectivity index (χ4n) is 1.84. The molecule has 0 unspecified atom stereocenters. The van der Waals surface area contributed by atoms with Gasteiger partial charge in [0.15, 0.2) is 5.16 Å². The van der Waals surface area contributed by atoms with Gasteiger partial charge in [-0.25, -0.2) is 14.8 Å². The fraction of sp³-hybridized carbons (Fsp3) is 0.353. The van der Waals surface area contributed by atoms with Crippen LogP contribution < -0.4 is 10.1 Å². The summed E-state index contributed by atoms with van der Waals surface area (Å²) in [4.78, 5) is 20.3. The molecule has 0 aliphatic heterocycles. The molecule has 0 saturated heterocycles. The van der Waals surface area contributed by atoms with E-state index in [1.165, 1.54) is 11.8 Å². The van der Waals surface area contributed by atoms with E-state index < -0.39 is 6.16 Å². The van der Waals surface area contributed by atoms with Crippen LogP contribution in [0.4, 0.5) is 16.3 Å². The van der Waals surface area contributed by atoms with Crippen molar-refractivity contribution in [1.82, 2.24) is 9.97 Å². The van der Waals surface area contributed by atoms with Crippen molar-refractivity contribution in [2.24, 2.45) is 5.92 Å². The van der Waals surface area contributed by atoms with Gasteiger partial charge in [0.25, 0.3) is 0 Å². The predicted molar refractivity (Wildman–Crippen MR) is 95.1 cm³/mol. The quantitative estimate of drug-likeness (QED) is 0.359. The largest absolute Gasteiger partial charge is 0.513 e. The summed E-state index contributed by atoms with van der Waals surface area (Å²) in [6, 6.07) is 8.91. The average Bonchev–Trinajstić information content (AvgIpc) is 2.52. The van der Waals surface area contributed by atoms with E-state index in [-0.39, 0.29) is 5.92 Å². The summed E-state index contributed by atoms with van der Waals surface area (Å²) >= 11 is 1.48. The van der Waals surface area contributed by atoms with Crippen molar-refractivity contribution in [3.8, 4) is 5.75 Å². The van der Waals surface area contributed by atoms with Crippen molar-refractivity contribution in [3.05, 3.63) is 36.0 Å². The van der Waals surface area contributed by atoms with Gasteiger partial charge in [-0.2, -0.15) is 0 Å². The van der Waals surface area contributed by atoms with Gasteiger partial charge in [0, 0.05) is 23.5 Å². The molecule has 1 aromatic heterocycles. The van der Waals surface area contributed by atoms with Gasteiger partial charge in [0.2, 0.25) is 0 Å². The van der Waals surface area contributed by atoms with E-state index in [4.69, 9.17) is 9.47 Å². The van der Waals surface area contributed by atoms with Gasteiger partial charge >= 0.3 is 6.16 Å². The second-order valence-electron chi connectivity index (χ2n) is 5.59. The summed E-state index contributed by atoms with van der Waals surface area (Å²) < 4.78 is 10.2. The third kappa shape index (κ3) is 5.73. The molecule has 0 fully saturated rings. The van der Waals surface area contributed by atoms with Gasteiger partial charge in [0.05, 0.1) is 6.61 Å². The maximum absolute atomic E-state index is 11.6. The number of benzene rings is 1. The lowest BCUT2D eigenvalue weighted by atomic mass is 10.2. The lowest BCUT2D eigenvalue weighted by Gasteiger charge is -2.10. The first-order valence-corrected chi connectivity index (χ1v) is 8.80. The van der Waals surface area contributed by atoms with Gasteiger partial charge in [0.1, 0.15) is 11.6 Å². The lowest BCUT2D eigenvalue weighted by molar-refractivity contribution is 0.0886. The molecule has 0 aliphatic rings. The van der Waals surface area contributed by atoms with E-state index in [1.54, 1.807) is 18.2 Å². The molecule has 0 radical (unpaired) electrons. The Morgan fingerprint density at radius 1 is 1.29 bits per heavy atom. The van der Waals surface area contributed by atoms with Crippen LogP contribution >= 0.6 is 11.8 Å². The third-order valence-corrected chi connectivity index (χ3v) is 3.41. The first-order valence-electron chi connectivity index (χ1n) is 7.57. The van der Waals surface area contributed by atoms with Crippen LogP contribution in [0, 0.1) is 12.8 Å². The van der Waals surface area contributed by atoms with Crippen LogP contribution in [0.15, 0.2) is 35.5 Å². The normalized spacial score (nSPS) is 10.5. The molecule has 0 saturated carbocycles. The summed E-state index contributed by atoms with van der Waals surface area (Å²) in [7, 11) is 0. The number of ether oxygens (including phenoxy) is 2. The van der Waals surface area contributed by atoms with E-state index in [9.17, 15) is 4.79 Å². The highest BCUT2D eigenvalue weighted by Crippen LogP contribution is 2.22. The number of aromatic nitrogens is 2. The number of nitrogens with one attached hydrogen (secondary N) is 1. The molecule has 2 rings (SSSR count). The zero-order chi connectivity index (χ0) is 17.5. The highest BCUT2D eigenvalue weighted by atomic mass is 32.2. The number of carbonyl (C=O) groups excluding carboxylic acids is 1. The van der Waals surface area contributed by atoms with E-state index in [2.05, 4.69) is 15.3 Å². The minimum atomic E-state index is -0.705. The second-order valence-corrected chi connectivity index (χ2v) is 6.36. The van der Waals surface area contributed by atoms with Crippen LogP contribution in [0.3, 0.4) is 0 Å². The van der Waals surface area contributed by atoms with Crippen molar-refractivity contribution in [3.63, 3.8) is 0 Å². The van der Waals surface area contributed by atoms with Gasteiger partial charge < -0.3 is 14.8 Å². The highest BCUT2D eigenvalue weighted by Gasteiger charge is 2.08. The zero-order valence-electron chi connectivity index (χ0n) is 14.2. The molecule has 1 aromatic carbocycles. The summed E-state index contributed by atoms with van der Waals surface area (Å²) in [6.07, 6.45) is 1.22. The Kier molecular flexibility index (Phi) is 6.43. The average molecular weight is 347 g/mol. The highest BCUT2D eigenvalue weighted by molar-refractivity contribution is 7.98. The van der Waals surface area contributed by atoms with Crippen molar-refractivity contribution in [2.75, 3.05) is 18.2 Å². The van der Waals surface area contributed by atoms with Crippen molar-refractivity contribution < 1.29 is 14.3 Å². The summed E-state index contributed by atoms with van der Waals surface area (Å²) in [6.45, 7) is 6.17. The number of nitrogens with zero attached hydrogens (tertiary/aromatic N) is 2. The topological polar surface area (TPSA) is 73.3 Å². The van der Waals surface area contributed by atoms with E-state index in [0.29, 0.717) is 23.3 Å². The molecule has 128 valence electrons. The molecule has 6 nitrogen and oxygen atoms in total. The van der Waals surface area contributed by atoms with Crippen molar-refractivity contribution in [1.29, 1.82) is 0 Å². The van der Waals surface area contributed by atoms with Crippen LogP contribution in [0.2, 0.25) is 0 Å². The minimum absolute atomic E-state index is 0.261. The molecule has 1 N–H and O–H groups in total. The predicted octanol–water partition coefficient (Wildman–Crippen LogP) is 4.42. The molecule has 0 amide bonds. The van der Waals surface area contributed by atoms with Crippen LogP contribution in [0.25, 0.3) is 0 Å². The Morgan fingerprint density at radius 3 is 2.79 bits per heavy atom. The summed E-state index contributed by atoms with van der Waals surface area (Å²) in [5.41, 5.74) is 1.64. The monoisotopic (exact) mass is 347 g/mol. The molecule has 0 bridgehead atoms. The molecule has 7 heteroatoms. The van der Waals surface area contributed by atoms with E-state index in [0.717, 1.165) is 11.4 Å². The van der Waals surface area contributed by atoms with Crippen molar-refractivity contribution in [2.45, 2.75) is 25.9 Å². The smallest absolute Gasteiger partial charge is 0.434 e. The Morgan fingerprint density at radius 2 is 2.08 bits per heavy atom. The molecular weight excluding hydrogens is 326 g/mol. The molecule has 24 heavy (non-hydrogen) atoms. The first-order chi connectivity index (χ1) is 11.5. The minimum Gasteiger partial charge on any atom is -0.434 e. The number of anilines is 2. The lowest BCUT2D eigenvalue weighted by Crippen LogP contribution is -2.14. The SMILES string of the molecule is CSc1nc(C)cc(Nc2cccc(OC(=O)OCC(C)C)c2)n1. The standard InChI is InChI=1S/C17H21N3O3S/c1-11(2)10-22-17(21)23-14-7-5-6-13(9-14)19-15-8-12(3)18-16(20-15)24-4/h5-9,11H,10H2,1-4H3,(H,18,19,20). The van der Waals surface area contributed by atoms with Gasteiger partial charge in [-0.05, 0) is 31.2 Å². The van der Waals surface area contributed by atoms with Gasteiger partial charge in [-0.1, -0.05) is 31.7 Å². The maximum atomic E-state index is 11.6. The number of carbonyl (C=O) groups is 1. The number of aryl methyl sites for hydroxylation is 1. The van der Waals surface area contributed by atoms with Crippen LogP contribution in [-0.2, 0) is 4.74 Å². The molecule has 1 heterocycles. The number of thioether (sulfide) groups is 1. The Bertz CT molecular complexity index is 707. The van der Waals surface area contributed by atoms with E-state index >= 15 is 0 Å². The van der Waals surface area contributed by atoms with Crippen LogP contribution in [-0.4, -0.2) is 29.0 Å². The van der Waals surface area contributed by atoms with Crippen LogP contribution in [0.1, 0.15) is 19.5 Å². The van der Waals surface area contributed by atoms with Gasteiger partial charge in [-0.15, -0.1) is 0 Å². The third-order valence-electron chi connectivity index (χ3n) is 2.86.